The van der Waals surface area contributed by atoms with Crippen LogP contribution >= 0.6 is 0 Å². The van der Waals surface area contributed by atoms with Gasteiger partial charge in [-0.05, 0) is 44.6 Å². The highest BCUT2D eigenvalue weighted by Crippen LogP contribution is 2.27. The summed E-state index contributed by atoms with van der Waals surface area (Å²) in [6.07, 6.45) is 5.83. The third-order valence-corrected chi connectivity index (χ3v) is 5.92. The number of benzene rings is 1. The average molecular weight is 384 g/mol. The van der Waals surface area contributed by atoms with Gasteiger partial charge in [-0.25, -0.2) is 4.39 Å². The summed E-state index contributed by atoms with van der Waals surface area (Å²) < 4.78 is 16.0. The zero-order chi connectivity index (χ0) is 19.5. The van der Waals surface area contributed by atoms with Gasteiger partial charge < -0.3 is 10.2 Å². The van der Waals surface area contributed by atoms with Crippen molar-refractivity contribution in [2.24, 2.45) is 0 Å². The standard InChI is InChI=1S/C22H29FN4O/c1-2-11-27-20-10-9-17(24-15-16-7-3-4-8-19(16)23)14-18(20)21(25-27)22(28)26-12-5-6-13-26/h3-4,7-8,17,24H,2,5-6,9-15H2,1H3/t17-/m1/s1. The van der Waals surface area contributed by atoms with Gasteiger partial charge in [-0.1, -0.05) is 25.1 Å². The summed E-state index contributed by atoms with van der Waals surface area (Å²) in [5.74, 6) is -0.0921. The largest absolute Gasteiger partial charge is 0.337 e. The Hall–Kier alpha value is -2.21. The number of nitrogens with zero attached hydrogens (tertiary/aromatic N) is 3. The lowest BCUT2D eigenvalue weighted by Gasteiger charge is -2.25. The lowest BCUT2D eigenvalue weighted by atomic mass is 9.91. The molecular formula is C22H29FN4O. The Bertz CT molecular complexity index is 841. The Labute approximate surface area is 165 Å². The quantitative estimate of drug-likeness (QED) is 0.831. The molecule has 6 heteroatoms. The van der Waals surface area contributed by atoms with E-state index in [1.807, 2.05) is 21.7 Å². The summed E-state index contributed by atoms with van der Waals surface area (Å²) in [6, 6.07) is 7.12. The Balaban J connectivity index is 1.52. The van der Waals surface area contributed by atoms with Crippen LogP contribution in [0.4, 0.5) is 4.39 Å². The number of rotatable bonds is 6. The number of aryl methyl sites for hydroxylation is 1. The van der Waals surface area contributed by atoms with Crippen molar-refractivity contribution in [2.45, 2.75) is 64.6 Å². The number of aromatic nitrogens is 2. The molecule has 5 nitrogen and oxygen atoms in total. The Morgan fingerprint density at radius 3 is 2.82 bits per heavy atom. The van der Waals surface area contributed by atoms with E-state index in [0.717, 1.165) is 63.7 Å². The summed E-state index contributed by atoms with van der Waals surface area (Å²) in [4.78, 5) is 15.0. The minimum Gasteiger partial charge on any atom is -0.337 e. The number of carbonyl (C=O) groups is 1. The van der Waals surface area contributed by atoms with Gasteiger partial charge in [-0.3, -0.25) is 9.48 Å². The molecule has 150 valence electrons. The van der Waals surface area contributed by atoms with Crippen molar-refractivity contribution in [3.63, 3.8) is 0 Å². The minimum atomic E-state index is -0.174. The highest BCUT2D eigenvalue weighted by molar-refractivity contribution is 5.94. The molecule has 1 aliphatic carbocycles. The predicted molar refractivity (Wildman–Crippen MR) is 107 cm³/mol. The van der Waals surface area contributed by atoms with E-state index in [2.05, 4.69) is 12.2 Å². The number of fused-ring (bicyclic) bond motifs is 1. The third-order valence-electron chi connectivity index (χ3n) is 5.92. The van der Waals surface area contributed by atoms with Crippen LogP contribution < -0.4 is 5.32 Å². The van der Waals surface area contributed by atoms with Crippen LogP contribution in [-0.4, -0.2) is 39.7 Å². The second kappa shape index (κ2) is 8.43. The molecule has 28 heavy (non-hydrogen) atoms. The number of likely N-dealkylation sites (tertiary alicyclic amines) is 1. The first kappa shape index (κ1) is 19.1. The van der Waals surface area contributed by atoms with E-state index in [1.54, 1.807) is 6.07 Å². The van der Waals surface area contributed by atoms with Gasteiger partial charge >= 0.3 is 0 Å². The first-order valence-corrected chi connectivity index (χ1v) is 10.5. The zero-order valence-electron chi connectivity index (χ0n) is 16.6. The van der Waals surface area contributed by atoms with Crippen LogP contribution in [0.15, 0.2) is 24.3 Å². The summed E-state index contributed by atoms with van der Waals surface area (Å²) in [7, 11) is 0. The lowest BCUT2D eigenvalue weighted by molar-refractivity contribution is 0.0784. The van der Waals surface area contributed by atoms with Gasteiger partial charge in [-0.15, -0.1) is 0 Å². The zero-order valence-corrected chi connectivity index (χ0v) is 16.6. The highest BCUT2D eigenvalue weighted by Gasteiger charge is 2.31. The van der Waals surface area contributed by atoms with E-state index in [0.29, 0.717) is 17.8 Å². The molecule has 2 aromatic rings. The molecule has 1 amide bonds. The molecule has 1 N–H and O–H groups in total. The second-order valence-corrected chi connectivity index (χ2v) is 7.91. The molecule has 1 aromatic carbocycles. The average Bonchev–Trinajstić information content (AvgIpc) is 3.36. The van der Waals surface area contributed by atoms with Crippen molar-refractivity contribution in [3.8, 4) is 0 Å². The number of carbonyl (C=O) groups excluding carboxylic acids is 1. The fourth-order valence-electron chi connectivity index (χ4n) is 4.40. The highest BCUT2D eigenvalue weighted by atomic mass is 19.1. The molecule has 0 unspecified atom stereocenters. The predicted octanol–water partition coefficient (Wildman–Crippen LogP) is 3.32. The molecule has 1 saturated heterocycles. The SMILES string of the molecule is CCCn1nc(C(=O)N2CCCC2)c2c1CC[C@@H](NCc1ccccc1F)C2. The molecule has 4 rings (SSSR count). The molecule has 0 saturated carbocycles. The van der Waals surface area contributed by atoms with Crippen LogP contribution in [0.3, 0.4) is 0 Å². The number of nitrogens with one attached hydrogen (secondary N) is 1. The Morgan fingerprint density at radius 1 is 1.29 bits per heavy atom. The van der Waals surface area contributed by atoms with Crippen LogP contribution in [0.5, 0.6) is 0 Å². The molecule has 1 aliphatic heterocycles. The number of hydrogen-bond acceptors (Lipinski definition) is 3. The van der Waals surface area contributed by atoms with Crippen molar-refractivity contribution in [1.82, 2.24) is 20.0 Å². The summed E-state index contributed by atoms with van der Waals surface area (Å²) >= 11 is 0. The first-order chi connectivity index (χ1) is 13.7. The van der Waals surface area contributed by atoms with Gasteiger partial charge in [0.2, 0.25) is 0 Å². The van der Waals surface area contributed by atoms with Crippen molar-refractivity contribution in [2.75, 3.05) is 13.1 Å². The molecule has 0 spiro atoms. The molecule has 1 aromatic heterocycles. The van der Waals surface area contributed by atoms with Crippen LogP contribution in [0, 0.1) is 5.82 Å². The maximum Gasteiger partial charge on any atom is 0.274 e. The lowest BCUT2D eigenvalue weighted by Crippen LogP contribution is -2.36. The van der Waals surface area contributed by atoms with Gasteiger partial charge in [0.25, 0.3) is 5.91 Å². The topological polar surface area (TPSA) is 50.2 Å². The van der Waals surface area contributed by atoms with E-state index in [1.165, 1.54) is 11.8 Å². The molecule has 1 fully saturated rings. The molecule has 2 aliphatic rings. The van der Waals surface area contributed by atoms with Gasteiger partial charge in [0.1, 0.15) is 5.82 Å². The van der Waals surface area contributed by atoms with E-state index >= 15 is 0 Å². The Kier molecular flexibility index (Phi) is 5.76. The van der Waals surface area contributed by atoms with Gasteiger partial charge in [0.05, 0.1) is 0 Å². The smallest absolute Gasteiger partial charge is 0.274 e. The van der Waals surface area contributed by atoms with Crippen molar-refractivity contribution < 1.29 is 9.18 Å². The number of hydrogen-bond donors (Lipinski definition) is 1. The normalized spacial score (nSPS) is 19.1. The molecule has 0 bridgehead atoms. The molecule has 2 heterocycles. The van der Waals surface area contributed by atoms with E-state index in [-0.39, 0.29) is 17.8 Å². The first-order valence-electron chi connectivity index (χ1n) is 10.5. The van der Waals surface area contributed by atoms with Gasteiger partial charge in [0.15, 0.2) is 5.69 Å². The summed E-state index contributed by atoms with van der Waals surface area (Å²) in [5.41, 5.74) is 3.64. The maximum atomic E-state index is 13.9. The maximum absolute atomic E-state index is 13.9. The summed E-state index contributed by atoms with van der Waals surface area (Å²) in [6.45, 7) is 5.16. The van der Waals surface area contributed by atoms with Gasteiger partial charge in [0, 0.05) is 49.0 Å². The molecule has 1 atom stereocenters. The van der Waals surface area contributed by atoms with Crippen LogP contribution in [0.25, 0.3) is 0 Å². The van der Waals surface area contributed by atoms with E-state index in [4.69, 9.17) is 5.10 Å². The van der Waals surface area contributed by atoms with Crippen molar-refractivity contribution in [1.29, 1.82) is 0 Å². The van der Waals surface area contributed by atoms with Crippen molar-refractivity contribution >= 4 is 5.91 Å². The number of amides is 1. The molecular weight excluding hydrogens is 355 g/mol. The van der Waals surface area contributed by atoms with Crippen LogP contribution in [-0.2, 0) is 25.9 Å². The fourth-order valence-corrected chi connectivity index (χ4v) is 4.40. The van der Waals surface area contributed by atoms with Crippen molar-refractivity contribution in [3.05, 3.63) is 52.6 Å². The molecule has 0 radical (unpaired) electrons. The van der Waals surface area contributed by atoms with E-state index in [9.17, 15) is 9.18 Å². The second-order valence-electron chi connectivity index (χ2n) is 7.91. The summed E-state index contributed by atoms with van der Waals surface area (Å²) in [5, 5.41) is 8.23. The fraction of sp³-hybridized carbons (Fsp3) is 0.545. The number of halogens is 1. The van der Waals surface area contributed by atoms with Gasteiger partial charge in [-0.2, -0.15) is 5.10 Å². The third kappa shape index (κ3) is 3.83. The van der Waals surface area contributed by atoms with Crippen LogP contribution in [0.1, 0.15) is 59.9 Å². The van der Waals surface area contributed by atoms with E-state index < -0.39 is 0 Å². The van der Waals surface area contributed by atoms with Crippen LogP contribution in [0.2, 0.25) is 0 Å². The monoisotopic (exact) mass is 384 g/mol. The Morgan fingerprint density at radius 2 is 2.07 bits per heavy atom. The minimum absolute atomic E-state index is 0.0818.